The molecule has 17 heavy (non-hydrogen) atoms. The summed E-state index contributed by atoms with van der Waals surface area (Å²) in [5.74, 6) is 0. The molecule has 1 heteroatoms. The summed E-state index contributed by atoms with van der Waals surface area (Å²) in [5.41, 5.74) is 4.52. The molecule has 0 saturated heterocycles. The largest absolute Gasteiger partial charge is 0.310 e. The fourth-order valence-electron chi connectivity index (χ4n) is 1.71. The van der Waals surface area contributed by atoms with Crippen molar-refractivity contribution in [2.45, 2.75) is 54.0 Å². The topological polar surface area (TPSA) is 12.0 Å². The molecule has 1 atom stereocenters. The van der Waals surface area contributed by atoms with E-state index in [0.717, 1.165) is 6.54 Å². The van der Waals surface area contributed by atoms with Crippen LogP contribution >= 0.6 is 0 Å². The van der Waals surface area contributed by atoms with E-state index in [2.05, 4.69) is 65.1 Å². The van der Waals surface area contributed by atoms with Crippen LogP contribution in [0.5, 0.6) is 0 Å². The molecule has 0 aromatic heterocycles. The molecule has 0 aliphatic carbocycles. The van der Waals surface area contributed by atoms with Gasteiger partial charge in [0.1, 0.15) is 0 Å². The Morgan fingerprint density at radius 3 is 2.35 bits per heavy atom. The summed E-state index contributed by atoms with van der Waals surface area (Å²) < 4.78 is 0. The Labute approximate surface area is 107 Å². The van der Waals surface area contributed by atoms with Gasteiger partial charge in [-0.1, -0.05) is 39.0 Å². The third-order valence-corrected chi connectivity index (χ3v) is 3.87. The van der Waals surface area contributed by atoms with Crippen LogP contribution in [0, 0.1) is 19.3 Å². The van der Waals surface area contributed by atoms with Crippen LogP contribution in [0.1, 0.15) is 56.8 Å². The Bertz CT molecular complexity index is 366. The number of rotatable bonds is 5. The van der Waals surface area contributed by atoms with Crippen LogP contribution in [0.3, 0.4) is 0 Å². The lowest BCUT2D eigenvalue weighted by Crippen LogP contribution is -2.30. The van der Waals surface area contributed by atoms with Crippen molar-refractivity contribution in [2.24, 2.45) is 5.41 Å². The first-order chi connectivity index (χ1) is 7.85. The van der Waals surface area contributed by atoms with Crippen molar-refractivity contribution in [3.63, 3.8) is 0 Å². The maximum absolute atomic E-state index is 3.64. The van der Waals surface area contributed by atoms with Crippen LogP contribution in [0.4, 0.5) is 0 Å². The number of hydrogen-bond acceptors (Lipinski definition) is 1. The van der Waals surface area contributed by atoms with E-state index in [1.54, 1.807) is 0 Å². The van der Waals surface area contributed by atoms with E-state index in [1.807, 2.05) is 0 Å². The van der Waals surface area contributed by atoms with Crippen molar-refractivity contribution >= 4 is 0 Å². The van der Waals surface area contributed by atoms with Crippen molar-refractivity contribution in [3.8, 4) is 0 Å². The Kier molecular flexibility index (Phi) is 4.76. The standard InChI is InChI=1S/C16H27N/c1-7-16(5,6)11-17-14(4)15-9-8-12(2)13(3)10-15/h8-10,14,17H,7,11H2,1-6H3. The van der Waals surface area contributed by atoms with Gasteiger partial charge in [-0.2, -0.15) is 0 Å². The molecule has 0 aliphatic heterocycles. The van der Waals surface area contributed by atoms with E-state index in [-0.39, 0.29) is 0 Å². The summed E-state index contributed by atoms with van der Waals surface area (Å²) in [6, 6.07) is 7.18. The van der Waals surface area contributed by atoms with Gasteiger partial charge in [-0.3, -0.25) is 0 Å². The second kappa shape index (κ2) is 5.68. The molecule has 0 heterocycles. The first-order valence-corrected chi connectivity index (χ1v) is 6.66. The van der Waals surface area contributed by atoms with E-state index in [9.17, 15) is 0 Å². The predicted molar refractivity (Wildman–Crippen MR) is 76.4 cm³/mol. The summed E-state index contributed by atoms with van der Waals surface area (Å²) in [5, 5.41) is 3.64. The lowest BCUT2D eigenvalue weighted by atomic mass is 9.90. The van der Waals surface area contributed by atoms with Crippen LogP contribution in [-0.2, 0) is 0 Å². The van der Waals surface area contributed by atoms with Crippen molar-refractivity contribution in [2.75, 3.05) is 6.54 Å². The number of benzene rings is 1. The monoisotopic (exact) mass is 233 g/mol. The Morgan fingerprint density at radius 1 is 1.18 bits per heavy atom. The van der Waals surface area contributed by atoms with Crippen molar-refractivity contribution in [1.29, 1.82) is 0 Å². The fraction of sp³-hybridized carbons (Fsp3) is 0.625. The highest BCUT2D eigenvalue weighted by molar-refractivity contribution is 5.31. The average Bonchev–Trinajstić information content (AvgIpc) is 2.30. The highest BCUT2D eigenvalue weighted by Gasteiger charge is 2.16. The zero-order valence-corrected chi connectivity index (χ0v) is 12.2. The molecule has 96 valence electrons. The zero-order valence-electron chi connectivity index (χ0n) is 12.2. The molecule has 0 amide bonds. The normalized spacial score (nSPS) is 13.8. The molecular formula is C16H27N. The minimum absolute atomic E-state index is 0.383. The molecule has 0 spiro atoms. The van der Waals surface area contributed by atoms with E-state index in [1.165, 1.54) is 23.1 Å². The van der Waals surface area contributed by atoms with Gasteiger partial charge in [0, 0.05) is 12.6 Å². The van der Waals surface area contributed by atoms with Crippen molar-refractivity contribution in [1.82, 2.24) is 5.32 Å². The predicted octanol–water partition coefficient (Wildman–Crippen LogP) is 4.39. The SMILES string of the molecule is CCC(C)(C)CNC(C)c1ccc(C)c(C)c1. The second-order valence-electron chi connectivity index (χ2n) is 5.96. The molecule has 0 bridgehead atoms. The third-order valence-electron chi connectivity index (χ3n) is 3.87. The van der Waals surface area contributed by atoms with Crippen molar-refractivity contribution in [3.05, 3.63) is 34.9 Å². The van der Waals surface area contributed by atoms with Gasteiger partial charge in [-0.05, 0) is 49.3 Å². The van der Waals surface area contributed by atoms with E-state index < -0.39 is 0 Å². The number of aryl methyl sites for hydroxylation is 2. The Hall–Kier alpha value is -0.820. The summed E-state index contributed by atoms with van der Waals surface area (Å²) in [7, 11) is 0. The van der Waals surface area contributed by atoms with Gasteiger partial charge in [0.15, 0.2) is 0 Å². The Balaban J connectivity index is 2.64. The first kappa shape index (κ1) is 14.2. The van der Waals surface area contributed by atoms with Gasteiger partial charge in [0.2, 0.25) is 0 Å². The smallest absolute Gasteiger partial charge is 0.0292 e. The van der Waals surface area contributed by atoms with Gasteiger partial charge >= 0.3 is 0 Å². The highest BCUT2D eigenvalue weighted by Crippen LogP contribution is 2.21. The average molecular weight is 233 g/mol. The maximum atomic E-state index is 3.64. The van der Waals surface area contributed by atoms with Crippen LogP contribution < -0.4 is 5.32 Å². The fourth-order valence-corrected chi connectivity index (χ4v) is 1.71. The minimum atomic E-state index is 0.383. The molecule has 1 N–H and O–H groups in total. The molecule has 0 fully saturated rings. The molecule has 1 nitrogen and oxygen atoms in total. The summed E-state index contributed by atoms with van der Waals surface area (Å²) in [6.07, 6.45) is 1.21. The first-order valence-electron chi connectivity index (χ1n) is 6.66. The summed E-state index contributed by atoms with van der Waals surface area (Å²) in [6.45, 7) is 14.5. The highest BCUT2D eigenvalue weighted by atomic mass is 14.9. The van der Waals surface area contributed by atoms with Crippen LogP contribution in [0.15, 0.2) is 18.2 Å². The second-order valence-corrected chi connectivity index (χ2v) is 5.96. The van der Waals surface area contributed by atoms with Gasteiger partial charge in [0.25, 0.3) is 0 Å². The molecule has 0 aliphatic rings. The van der Waals surface area contributed by atoms with Gasteiger partial charge in [-0.15, -0.1) is 0 Å². The maximum Gasteiger partial charge on any atom is 0.0292 e. The van der Waals surface area contributed by atoms with Crippen LogP contribution in [0.2, 0.25) is 0 Å². The quantitative estimate of drug-likeness (QED) is 0.795. The van der Waals surface area contributed by atoms with Crippen LogP contribution in [0.25, 0.3) is 0 Å². The van der Waals surface area contributed by atoms with E-state index in [0.29, 0.717) is 11.5 Å². The van der Waals surface area contributed by atoms with Crippen molar-refractivity contribution < 1.29 is 0 Å². The van der Waals surface area contributed by atoms with E-state index in [4.69, 9.17) is 0 Å². The molecule has 0 saturated carbocycles. The Morgan fingerprint density at radius 2 is 1.82 bits per heavy atom. The third kappa shape index (κ3) is 4.16. The summed E-state index contributed by atoms with van der Waals surface area (Å²) in [4.78, 5) is 0. The zero-order chi connectivity index (χ0) is 13.1. The van der Waals surface area contributed by atoms with Gasteiger partial charge < -0.3 is 5.32 Å². The van der Waals surface area contributed by atoms with Gasteiger partial charge in [-0.25, -0.2) is 0 Å². The molecule has 0 radical (unpaired) electrons. The van der Waals surface area contributed by atoms with Crippen LogP contribution in [-0.4, -0.2) is 6.54 Å². The minimum Gasteiger partial charge on any atom is -0.310 e. The molecule has 1 unspecified atom stereocenters. The number of hydrogen-bond donors (Lipinski definition) is 1. The molecular weight excluding hydrogens is 206 g/mol. The summed E-state index contributed by atoms with van der Waals surface area (Å²) >= 11 is 0. The molecule has 1 aromatic carbocycles. The van der Waals surface area contributed by atoms with E-state index >= 15 is 0 Å². The molecule has 1 rings (SSSR count). The molecule has 1 aromatic rings. The lowest BCUT2D eigenvalue weighted by Gasteiger charge is -2.26. The van der Waals surface area contributed by atoms with Gasteiger partial charge in [0.05, 0.1) is 0 Å². The number of nitrogens with one attached hydrogen (secondary N) is 1. The lowest BCUT2D eigenvalue weighted by molar-refractivity contribution is 0.314.